The van der Waals surface area contributed by atoms with Crippen LogP contribution in [0.2, 0.25) is 0 Å². The standard InChI is InChI=1S/C14H14BrN3O/c1-18(2)12-5-3-4-10(8-12)14(19)17-13-7-6-11(15)9-16-13/h3-9H,1-2H3,(H,16,17,19). The van der Waals surface area contributed by atoms with E-state index in [1.807, 2.05) is 43.3 Å². The first-order valence-corrected chi connectivity index (χ1v) is 6.56. The van der Waals surface area contributed by atoms with Crippen LogP contribution in [0.25, 0.3) is 0 Å². The van der Waals surface area contributed by atoms with E-state index in [0.29, 0.717) is 11.4 Å². The Bertz CT molecular complexity index is 581. The zero-order chi connectivity index (χ0) is 13.8. The number of anilines is 2. The molecular formula is C14H14BrN3O. The molecule has 1 amide bonds. The minimum absolute atomic E-state index is 0.168. The molecule has 1 aromatic carbocycles. The lowest BCUT2D eigenvalue weighted by molar-refractivity contribution is 0.102. The Morgan fingerprint density at radius 1 is 1.26 bits per heavy atom. The van der Waals surface area contributed by atoms with Crippen molar-refractivity contribution in [1.29, 1.82) is 0 Å². The van der Waals surface area contributed by atoms with E-state index >= 15 is 0 Å². The number of hydrogen-bond acceptors (Lipinski definition) is 3. The Hall–Kier alpha value is -1.88. The van der Waals surface area contributed by atoms with Gasteiger partial charge in [0.05, 0.1) is 0 Å². The molecule has 0 aliphatic carbocycles. The first-order valence-electron chi connectivity index (χ1n) is 5.76. The smallest absolute Gasteiger partial charge is 0.256 e. The van der Waals surface area contributed by atoms with Crippen molar-refractivity contribution < 1.29 is 4.79 Å². The fourth-order valence-corrected chi connectivity index (χ4v) is 1.80. The molecule has 0 unspecified atom stereocenters. The lowest BCUT2D eigenvalue weighted by atomic mass is 10.2. The molecule has 0 saturated heterocycles. The summed E-state index contributed by atoms with van der Waals surface area (Å²) in [6, 6.07) is 11.0. The number of nitrogens with one attached hydrogen (secondary N) is 1. The molecule has 5 heteroatoms. The molecular weight excluding hydrogens is 306 g/mol. The first kappa shape index (κ1) is 13.5. The highest BCUT2D eigenvalue weighted by molar-refractivity contribution is 9.10. The van der Waals surface area contributed by atoms with Crippen LogP contribution in [0.5, 0.6) is 0 Å². The second kappa shape index (κ2) is 5.84. The molecule has 2 rings (SSSR count). The summed E-state index contributed by atoms with van der Waals surface area (Å²) in [5.41, 5.74) is 1.59. The second-order valence-electron chi connectivity index (χ2n) is 4.26. The first-order chi connectivity index (χ1) is 9.06. The Morgan fingerprint density at radius 3 is 2.68 bits per heavy atom. The fraction of sp³-hybridized carbons (Fsp3) is 0.143. The maximum atomic E-state index is 12.1. The third-order valence-corrected chi connectivity index (χ3v) is 3.06. The monoisotopic (exact) mass is 319 g/mol. The molecule has 19 heavy (non-hydrogen) atoms. The van der Waals surface area contributed by atoms with Crippen LogP contribution in [-0.2, 0) is 0 Å². The van der Waals surface area contributed by atoms with Gasteiger partial charge in [0.1, 0.15) is 5.82 Å². The van der Waals surface area contributed by atoms with Crippen LogP contribution in [-0.4, -0.2) is 25.0 Å². The Kier molecular flexibility index (Phi) is 4.16. The molecule has 2 aromatic rings. The zero-order valence-electron chi connectivity index (χ0n) is 10.7. The molecule has 0 saturated carbocycles. The van der Waals surface area contributed by atoms with Crippen molar-refractivity contribution >= 4 is 33.3 Å². The lowest BCUT2D eigenvalue weighted by Gasteiger charge is -2.13. The quantitative estimate of drug-likeness (QED) is 0.945. The van der Waals surface area contributed by atoms with Gasteiger partial charge in [-0.25, -0.2) is 4.98 Å². The van der Waals surface area contributed by atoms with E-state index < -0.39 is 0 Å². The van der Waals surface area contributed by atoms with E-state index in [1.54, 1.807) is 18.3 Å². The SMILES string of the molecule is CN(C)c1cccc(C(=O)Nc2ccc(Br)cn2)c1. The van der Waals surface area contributed by atoms with Gasteiger partial charge in [-0.3, -0.25) is 4.79 Å². The number of carbonyl (C=O) groups excluding carboxylic acids is 1. The van der Waals surface area contributed by atoms with Crippen LogP contribution < -0.4 is 10.2 Å². The second-order valence-corrected chi connectivity index (χ2v) is 5.18. The predicted octanol–water partition coefficient (Wildman–Crippen LogP) is 3.16. The molecule has 0 spiro atoms. The number of aromatic nitrogens is 1. The maximum Gasteiger partial charge on any atom is 0.256 e. The highest BCUT2D eigenvalue weighted by Crippen LogP contribution is 2.15. The molecule has 4 nitrogen and oxygen atoms in total. The molecule has 1 heterocycles. The number of pyridine rings is 1. The molecule has 0 aliphatic heterocycles. The van der Waals surface area contributed by atoms with Gasteiger partial charge >= 0.3 is 0 Å². The number of carbonyl (C=O) groups is 1. The van der Waals surface area contributed by atoms with E-state index in [-0.39, 0.29) is 5.91 Å². The summed E-state index contributed by atoms with van der Waals surface area (Å²) < 4.78 is 0.875. The highest BCUT2D eigenvalue weighted by atomic mass is 79.9. The molecule has 0 bridgehead atoms. The van der Waals surface area contributed by atoms with Gasteiger partial charge < -0.3 is 10.2 Å². The average Bonchev–Trinajstić information content (AvgIpc) is 2.41. The van der Waals surface area contributed by atoms with E-state index in [1.165, 1.54) is 0 Å². The van der Waals surface area contributed by atoms with Crippen molar-refractivity contribution in [2.45, 2.75) is 0 Å². The van der Waals surface area contributed by atoms with Gasteiger partial charge in [-0.1, -0.05) is 6.07 Å². The topological polar surface area (TPSA) is 45.2 Å². The maximum absolute atomic E-state index is 12.1. The molecule has 0 aliphatic rings. The minimum atomic E-state index is -0.168. The normalized spacial score (nSPS) is 10.1. The van der Waals surface area contributed by atoms with Crippen LogP contribution in [0.4, 0.5) is 11.5 Å². The van der Waals surface area contributed by atoms with Gasteiger partial charge in [-0.15, -0.1) is 0 Å². The minimum Gasteiger partial charge on any atom is -0.378 e. The van der Waals surface area contributed by atoms with Crippen molar-refractivity contribution in [2.24, 2.45) is 0 Å². The largest absolute Gasteiger partial charge is 0.378 e. The third-order valence-electron chi connectivity index (χ3n) is 2.59. The number of rotatable bonds is 3. The summed E-state index contributed by atoms with van der Waals surface area (Å²) >= 11 is 3.30. The van der Waals surface area contributed by atoms with Gasteiger partial charge in [0.2, 0.25) is 0 Å². The van der Waals surface area contributed by atoms with Gasteiger partial charge in [-0.05, 0) is 46.3 Å². The molecule has 0 radical (unpaired) electrons. The molecule has 0 atom stereocenters. The van der Waals surface area contributed by atoms with Gasteiger partial charge in [0, 0.05) is 36.0 Å². The number of halogens is 1. The van der Waals surface area contributed by atoms with Gasteiger partial charge in [-0.2, -0.15) is 0 Å². The lowest BCUT2D eigenvalue weighted by Crippen LogP contribution is -2.14. The number of nitrogens with zero attached hydrogens (tertiary/aromatic N) is 2. The predicted molar refractivity (Wildman–Crippen MR) is 80.7 cm³/mol. The summed E-state index contributed by atoms with van der Waals surface area (Å²) in [5.74, 6) is 0.363. The number of benzene rings is 1. The van der Waals surface area contributed by atoms with E-state index in [2.05, 4.69) is 26.2 Å². The van der Waals surface area contributed by atoms with Crippen LogP contribution in [0.15, 0.2) is 47.1 Å². The number of amides is 1. The van der Waals surface area contributed by atoms with Crippen LogP contribution >= 0.6 is 15.9 Å². The van der Waals surface area contributed by atoms with Crippen LogP contribution in [0.3, 0.4) is 0 Å². The Labute approximate surface area is 120 Å². The van der Waals surface area contributed by atoms with Crippen molar-refractivity contribution in [3.8, 4) is 0 Å². The molecule has 1 aromatic heterocycles. The van der Waals surface area contributed by atoms with E-state index in [4.69, 9.17) is 0 Å². The molecule has 1 N–H and O–H groups in total. The van der Waals surface area contributed by atoms with Crippen LogP contribution in [0.1, 0.15) is 10.4 Å². The Balaban J connectivity index is 2.15. The summed E-state index contributed by atoms with van der Waals surface area (Å²) in [7, 11) is 3.88. The highest BCUT2D eigenvalue weighted by Gasteiger charge is 2.08. The summed E-state index contributed by atoms with van der Waals surface area (Å²) in [6.45, 7) is 0. The summed E-state index contributed by atoms with van der Waals surface area (Å²) in [5, 5.41) is 2.76. The summed E-state index contributed by atoms with van der Waals surface area (Å²) in [4.78, 5) is 18.2. The van der Waals surface area contributed by atoms with E-state index in [9.17, 15) is 4.79 Å². The summed E-state index contributed by atoms with van der Waals surface area (Å²) in [6.07, 6.45) is 1.64. The molecule has 98 valence electrons. The Morgan fingerprint density at radius 2 is 2.05 bits per heavy atom. The van der Waals surface area contributed by atoms with Crippen molar-refractivity contribution in [3.63, 3.8) is 0 Å². The van der Waals surface area contributed by atoms with Gasteiger partial charge in [0.25, 0.3) is 5.91 Å². The number of hydrogen-bond donors (Lipinski definition) is 1. The zero-order valence-corrected chi connectivity index (χ0v) is 12.3. The van der Waals surface area contributed by atoms with Crippen LogP contribution in [0, 0.1) is 0 Å². The third kappa shape index (κ3) is 3.54. The van der Waals surface area contributed by atoms with Crippen molar-refractivity contribution in [3.05, 3.63) is 52.6 Å². The fourth-order valence-electron chi connectivity index (χ4n) is 1.56. The van der Waals surface area contributed by atoms with Gasteiger partial charge in [0.15, 0.2) is 0 Å². The average molecular weight is 320 g/mol. The van der Waals surface area contributed by atoms with Crippen molar-refractivity contribution in [2.75, 3.05) is 24.3 Å². The van der Waals surface area contributed by atoms with E-state index in [0.717, 1.165) is 10.2 Å². The molecule has 0 fully saturated rings. The van der Waals surface area contributed by atoms with Crippen molar-refractivity contribution in [1.82, 2.24) is 4.98 Å².